The number of amides is 1. The maximum absolute atomic E-state index is 12.0. The first kappa shape index (κ1) is 20.2. The summed E-state index contributed by atoms with van der Waals surface area (Å²) in [5, 5.41) is 7.47. The number of benzene rings is 2. The molecule has 8 heteroatoms. The molecule has 1 amide bonds. The minimum Gasteiger partial charge on any atom is -0.497 e. The lowest BCUT2D eigenvalue weighted by molar-refractivity contribution is -0.121. The predicted molar refractivity (Wildman–Crippen MR) is 110 cm³/mol. The number of carbonyl (C=O) groups is 1. The number of hydrogen-bond acceptors (Lipinski definition) is 6. The normalized spacial score (nSPS) is 10.6. The second-order valence-corrected chi connectivity index (χ2v) is 7.53. The zero-order valence-electron chi connectivity index (χ0n) is 15.4. The van der Waals surface area contributed by atoms with Crippen LogP contribution >= 0.6 is 23.4 Å². The fraction of sp³-hybridized carbons (Fsp3) is 0.250. The maximum Gasteiger partial charge on any atom is 0.246 e. The van der Waals surface area contributed by atoms with Gasteiger partial charge in [-0.2, -0.15) is 4.98 Å². The second kappa shape index (κ2) is 10.1. The van der Waals surface area contributed by atoms with Crippen LogP contribution in [0.1, 0.15) is 18.7 Å². The minimum atomic E-state index is -0.0408. The number of carbonyl (C=O) groups excluding carboxylic acids is 1. The van der Waals surface area contributed by atoms with Crippen molar-refractivity contribution >= 4 is 29.3 Å². The predicted octanol–water partition coefficient (Wildman–Crippen LogP) is 4.59. The van der Waals surface area contributed by atoms with Crippen LogP contribution < -0.4 is 10.1 Å². The molecule has 1 aromatic heterocycles. The van der Waals surface area contributed by atoms with Gasteiger partial charge < -0.3 is 14.6 Å². The van der Waals surface area contributed by atoms with Crippen LogP contribution in [0.3, 0.4) is 0 Å². The summed E-state index contributed by atoms with van der Waals surface area (Å²) in [6.45, 7) is 0.215. The molecule has 0 fully saturated rings. The molecule has 0 unspecified atom stereocenters. The number of nitrogens with zero attached hydrogens (tertiary/aromatic N) is 2. The summed E-state index contributed by atoms with van der Waals surface area (Å²) in [7, 11) is 1.61. The zero-order valence-corrected chi connectivity index (χ0v) is 16.9. The number of aromatic nitrogens is 2. The molecule has 1 heterocycles. The van der Waals surface area contributed by atoms with E-state index in [0.29, 0.717) is 18.1 Å². The van der Waals surface area contributed by atoms with E-state index < -0.39 is 0 Å². The summed E-state index contributed by atoms with van der Waals surface area (Å²) in [4.78, 5) is 17.4. The van der Waals surface area contributed by atoms with Gasteiger partial charge in [0, 0.05) is 21.9 Å². The summed E-state index contributed by atoms with van der Waals surface area (Å²) in [6, 6.07) is 15.0. The van der Waals surface area contributed by atoms with E-state index >= 15 is 0 Å². The first-order chi connectivity index (χ1) is 13.6. The lowest BCUT2D eigenvalue weighted by Gasteiger charge is -2.03. The Balaban J connectivity index is 1.38. The third-order valence-electron chi connectivity index (χ3n) is 3.88. The average molecular weight is 418 g/mol. The molecule has 0 spiro atoms. The molecule has 6 nitrogen and oxygen atoms in total. The highest BCUT2D eigenvalue weighted by Crippen LogP contribution is 2.21. The van der Waals surface area contributed by atoms with Gasteiger partial charge in [0.25, 0.3) is 0 Å². The topological polar surface area (TPSA) is 77.3 Å². The summed E-state index contributed by atoms with van der Waals surface area (Å²) in [5.74, 6) is 2.42. The highest BCUT2D eigenvalue weighted by atomic mass is 35.5. The van der Waals surface area contributed by atoms with Crippen LogP contribution in [-0.4, -0.2) is 28.9 Å². The van der Waals surface area contributed by atoms with Gasteiger partial charge in [-0.25, -0.2) is 0 Å². The van der Waals surface area contributed by atoms with Gasteiger partial charge in [0.05, 0.1) is 13.7 Å². The molecule has 146 valence electrons. The summed E-state index contributed by atoms with van der Waals surface area (Å²) >= 11 is 7.56. The number of nitrogens with one attached hydrogen (secondary N) is 1. The van der Waals surface area contributed by atoms with Crippen molar-refractivity contribution in [2.24, 2.45) is 0 Å². The van der Waals surface area contributed by atoms with Crippen LogP contribution in [0.25, 0.3) is 11.4 Å². The van der Waals surface area contributed by atoms with Gasteiger partial charge in [0.15, 0.2) is 0 Å². The molecule has 0 bridgehead atoms. The Kier molecular flexibility index (Phi) is 7.33. The molecule has 0 radical (unpaired) electrons. The van der Waals surface area contributed by atoms with E-state index in [1.165, 1.54) is 0 Å². The van der Waals surface area contributed by atoms with Crippen LogP contribution in [0, 0.1) is 0 Å². The minimum absolute atomic E-state index is 0.0408. The first-order valence-corrected chi connectivity index (χ1v) is 10.1. The van der Waals surface area contributed by atoms with E-state index in [9.17, 15) is 4.79 Å². The third-order valence-corrected chi connectivity index (χ3v) is 5.23. The first-order valence-electron chi connectivity index (χ1n) is 8.76. The number of hydrogen-bond donors (Lipinski definition) is 1. The van der Waals surface area contributed by atoms with Crippen molar-refractivity contribution in [3.63, 3.8) is 0 Å². The number of halogens is 1. The molecular formula is C20H20ClN3O3S. The summed E-state index contributed by atoms with van der Waals surface area (Å²) < 4.78 is 10.3. The number of rotatable bonds is 9. The fourth-order valence-electron chi connectivity index (χ4n) is 2.40. The van der Waals surface area contributed by atoms with Crippen molar-refractivity contribution in [3.8, 4) is 17.1 Å². The van der Waals surface area contributed by atoms with Crippen LogP contribution in [0.5, 0.6) is 5.75 Å². The summed E-state index contributed by atoms with van der Waals surface area (Å²) in [5.41, 5.74) is 0.821. The largest absolute Gasteiger partial charge is 0.497 e. The van der Waals surface area contributed by atoms with Gasteiger partial charge in [-0.05, 0) is 60.7 Å². The van der Waals surface area contributed by atoms with Crippen molar-refractivity contribution < 1.29 is 14.1 Å². The van der Waals surface area contributed by atoms with Crippen molar-refractivity contribution in [1.29, 1.82) is 0 Å². The Morgan fingerprint density at radius 2 is 1.93 bits per heavy atom. The molecular weight excluding hydrogens is 398 g/mol. The SMILES string of the molecule is COc1ccc(-c2noc(CNC(=O)CCCSc3ccc(Cl)cc3)n2)cc1. The molecule has 0 saturated heterocycles. The maximum atomic E-state index is 12.0. The monoisotopic (exact) mass is 417 g/mol. The lowest BCUT2D eigenvalue weighted by Crippen LogP contribution is -2.22. The van der Waals surface area contributed by atoms with Crippen LogP contribution in [-0.2, 0) is 11.3 Å². The Morgan fingerprint density at radius 1 is 1.18 bits per heavy atom. The van der Waals surface area contributed by atoms with Crippen LogP contribution in [0.4, 0.5) is 0 Å². The quantitative estimate of drug-likeness (QED) is 0.405. The Labute approximate surface area is 172 Å². The van der Waals surface area contributed by atoms with E-state index in [0.717, 1.165) is 33.4 Å². The van der Waals surface area contributed by atoms with Gasteiger partial charge in [-0.15, -0.1) is 11.8 Å². The third kappa shape index (κ3) is 6.00. The molecule has 0 aliphatic carbocycles. The Morgan fingerprint density at radius 3 is 2.64 bits per heavy atom. The number of methoxy groups -OCH3 is 1. The van der Waals surface area contributed by atoms with Crippen molar-refractivity contribution in [2.75, 3.05) is 12.9 Å². The molecule has 0 aliphatic heterocycles. The van der Waals surface area contributed by atoms with Gasteiger partial charge in [0.2, 0.25) is 17.6 Å². The van der Waals surface area contributed by atoms with E-state index in [4.69, 9.17) is 20.9 Å². The zero-order chi connectivity index (χ0) is 19.8. The summed E-state index contributed by atoms with van der Waals surface area (Å²) in [6.07, 6.45) is 1.22. The smallest absolute Gasteiger partial charge is 0.246 e. The Bertz CT molecular complexity index is 898. The average Bonchev–Trinajstić information content (AvgIpc) is 3.20. The highest BCUT2D eigenvalue weighted by Gasteiger charge is 2.10. The molecule has 0 saturated carbocycles. The second-order valence-electron chi connectivity index (χ2n) is 5.92. The highest BCUT2D eigenvalue weighted by molar-refractivity contribution is 7.99. The van der Waals surface area contributed by atoms with Gasteiger partial charge in [-0.1, -0.05) is 16.8 Å². The Hall–Kier alpha value is -2.51. The molecule has 3 aromatic rings. The molecule has 0 aliphatic rings. The molecule has 0 atom stereocenters. The molecule has 28 heavy (non-hydrogen) atoms. The number of thioether (sulfide) groups is 1. The number of ether oxygens (including phenoxy) is 1. The molecule has 3 rings (SSSR count). The van der Waals surface area contributed by atoms with E-state index in [1.807, 2.05) is 48.5 Å². The lowest BCUT2D eigenvalue weighted by atomic mass is 10.2. The van der Waals surface area contributed by atoms with Crippen LogP contribution in [0.2, 0.25) is 5.02 Å². The van der Waals surface area contributed by atoms with E-state index in [1.54, 1.807) is 18.9 Å². The molecule has 2 aromatic carbocycles. The molecule has 1 N–H and O–H groups in total. The fourth-order valence-corrected chi connectivity index (χ4v) is 3.38. The van der Waals surface area contributed by atoms with E-state index in [2.05, 4.69) is 15.5 Å². The van der Waals surface area contributed by atoms with Crippen molar-refractivity contribution in [1.82, 2.24) is 15.5 Å². The van der Waals surface area contributed by atoms with Gasteiger partial charge in [0.1, 0.15) is 5.75 Å². The van der Waals surface area contributed by atoms with Crippen LogP contribution in [0.15, 0.2) is 57.9 Å². The van der Waals surface area contributed by atoms with Crippen molar-refractivity contribution in [3.05, 3.63) is 59.4 Å². The van der Waals surface area contributed by atoms with Crippen molar-refractivity contribution in [2.45, 2.75) is 24.3 Å². The van der Waals surface area contributed by atoms with Gasteiger partial charge >= 0.3 is 0 Å². The van der Waals surface area contributed by atoms with E-state index in [-0.39, 0.29) is 12.5 Å². The van der Waals surface area contributed by atoms with Gasteiger partial charge in [-0.3, -0.25) is 4.79 Å². The standard InChI is InChI=1S/C20H20ClN3O3S/c1-26-16-8-4-14(5-9-16)20-23-19(27-24-20)13-22-18(25)3-2-12-28-17-10-6-15(21)7-11-17/h4-11H,2-3,12-13H2,1H3,(H,22,25).